The van der Waals surface area contributed by atoms with Gasteiger partial charge in [-0.1, -0.05) is 12.1 Å². The molecule has 0 N–H and O–H groups in total. The second kappa shape index (κ2) is 4.26. The van der Waals surface area contributed by atoms with E-state index in [1.54, 1.807) is 24.0 Å². The minimum atomic E-state index is -0.277. The molecule has 0 spiro atoms. The minimum Gasteiger partial charge on any atom is -0.298 e. The second-order valence-corrected chi connectivity index (χ2v) is 3.63. The number of aldehydes is 1. The zero-order valence-corrected chi connectivity index (χ0v) is 8.85. The Bertz CT molecular complexity index is 519. The number of aromatic nitrogens is 2. The van der Waals surface area contributed by atoms with Gasteiger partial charge in [0.2, 0.25) is 0 Å². The molecular formula is C12H11FN2O. The van der Waals surface area contributed by atoms with E-state index in [1.807, 2.05) is 6.07 Å². The molecule has 0 radical (unpaired) electrons. The second-order valence-electron chi connectivity index (χ2n) is 3.63. The average molecular weight is 218 g/mol. The van der Waals surface area contributed by atoms with Crippen LogP contribution in [-0.2, 0) is 13.5 Å². The zero-order valence-electron chi connectivity index (χ0n) is 8.85. The van der Waals surface area contributed by atoms with Crippen LogP contribution in [-0.4, -0.2) is 16.1 Å². The monoisotopic (exact) mass is 218 g/mol. The average Bonchev–Trinajstić information content (AvgIpc) is 2.59. The molecular weight excluding hydrogens is 207 g/mol. The van der Waals surface area contributed by atoms with Crippen LogP contribution in [0, 0.1) is 5.82 Å². The number of nitrogens with zero attached hydrogens (tertiary/aromatic N) is 2. The molecule has 0 aliphatic rings. The summed E-state index contributed by atoms with van der Waals surface area (Å²) < 4.78 is 14.5. The van der Waals surface area contributed by atoms with Crippen LogP contribution in [0.1, 0.15) is 21.6 Å². The summed E-state index contributed by atoms with van der Waals surface area (Å²) in [4.78, 5) is 10.8. The van der Waals surface area contributed by atoms with E-state index in [9.17, 15) is 9.18 Å². The maximum Gasteiger partial charge on any atom is 0.153 e. The summed E-state index contributed by atoms with van der Waals surface area (Å²) in [5, 5.41) is 4.17. The molecule has 0 fully saturated rings. The summed E-state index contributed by atoms with van der Waals surface area (Å²) in [5.74, 6) is -0.277. The quantitative estimate of drug-likeness (QED) is 0.738. The third-order valence-corrected chi connectivity index (χ3v) is 2.33. The molecule has 1 heterocycles. The Hall–Kier alpha value is -1.97. The van der Waals surface area contributed by atoms with Crippen molar-refractivity contribution < 1.29 is 9.18 Å². The van der Waals surface area contributed by atoms with Crippen LogP contribution in [0.25, 0.3) is 0 Å². The van der Waals surface area contributed by atoms with E-state index in [4.69, 9.17) is 0 Å². The molecule has 0 aliphatic heterocycles. The van der Waals surface area contributed by atoms with Crippen molar-refractivity contribution in [3.63, 3.8) is 0 Å². The van der Waals surface area contributed by atoms with Crippen molar-refractivity contribution in [1.82, 2.24) is 9.78 Å². The number of carbonyl (C=O) groups excluding carboxylic acids is 1. The maximum atomic E-state index is 13.0. The van der Waals surface area contributed by atoms with Gasteiger partial charge in [0.1, 0.15) is 5.82 Å². The first kappa shape index (κ1) is 10.5. The van der Waals surface area contributed by atoms with Gasteiger partial charge in [0, 0.05) is 19.7 Å². The predicted molar refractivity (Wildman–Crippen MR) is 57.8 cm³/mol. The third-order valence-electron chi connectivity index (χ3n) is 2.33. The lowest BCUT2D eigenvalue weighted by molar-refractivity contribution is 0.112. The van der Waals surface area contributed by atoms with Crippen molar-refractivity contribution in [3.8, 4) is 0 Å². The van der Waals surface area contributed by atoms with E-state index < -0.39 is 0 Å². The molecule has 1 aromatic carbocycles. The molecule has 1 aromatic heterocycles. The standard InChI is InChI=1S/C12H11FN2O/c1-15-7-10(8-16)12(14-15)6-9-3-2-4-11(13)5-9/h2-5,7-8H,6H2,1H3. The Morgan fingerprint density at radius 3 is 3.00 bits per heavy atom. The van der Waals surface area contributed by atoms with Crippen LogP contribution in [0.3, 0.4) is 0 Å². The van der Waals surface area contributed by atoms with Gasteiger partial charge in [0.25, 0.3) is 0 Å². The summed E-state index contributed by atoms with van der Waals surface area (Å²) >= 11 is 0. The van der Waals surface area contributed by atoms with Crippen LogP contribution >= 0.6 is 0 Å². The van der Waals surface area contributed by atoms with E-state index in [0.717, 1.165) is 11.8 Å². The van der Waals surface area contributed by atoms with Gasteiger partial charge >= 0.3 is 0 Å². The normalized spacial score (nSPS) is 10.4. The molecule has 2 aromatic rings. The Morgan fingerprint density at radius 2 is 2.31 bits per heavy atom. The van der Waals surface area contributed by atoms with Gasteiger partial charge in [-0.25, -0.2) is 4.39 Å². The zero-order chi connectivity index (χ0) is 11.5. The highest BCUT2D eigenvalue weighted by Crippen LogP contribution is 2.12. The van der Waals surface area contributed by atoms with Gasteiger partial charge in [0.05, 0.1) is 11.3 Å². The number of benzene rings is 1. The Balaban J connectivity index is 2.29. The lowest BCUT2D eigenvalue weighted by Gasteiger charge is -1.99. The Morgan fingerprint density at radius 1 is 1.50 bits per heavy atom. The Labute approximate surface area is 92.5 Å². The summed E-state index contributed by atoms with van der Waals surface area (Å²) in [7, 11) is 1.75. The van der Waals surface area contributed by atoms with Crippen LogP contribution in [0.5, 0.6) is 0 Å². The van der Waals surface area contributed by atoms with Crippen molar-refractivity contribution in [2.45, 2.75) is 6.42 Å². The van der Waals surface area contributed by atoms with E-state index in [0.29, 0.717) is 17.7 Å². The topological polar surface area (TPSA) is 34.9 Å². The third kappa shape index (κ3) is 2.16. The highest BCUT2D eigenvalue weighted by atomic mass is 19.1. The highest BCUT2D eigenvalue weighted by Gasteiger charge is 2.07. The summed E-state index contributed by atoms with van der Waals surface area (Å²) in [6.07, 6.45) is 2.88. The molecule has 0 bridgehead atoms. The predicted octanol–water partition coefficient (Wildman–Crippen LogP) is 1.96. The first-order valence-corrected chi connectivity index (χ1v) is 4.91. The maximum absolute atomic E-state index is 13.0. The van der Waals surface area contributed by atoms with Crippen LogP contribution in [0.2, 0.25) is 0 Å². The van der Waals surface area contributed by atoms with E-state index in [-0.39, 0.29) is 5.82 Å². The molecule has 0 saturated heterocycles. The van der Waals surface area contributed by atoms with Crippen molar-refractivity contribution in [2.24, 2.45) is 7.05 Å². The largest absolute Gasteiger partial charge is 0.298 e. The SMILES string of the molecule is Cn1cc(C=O)c(Cc2cccc(F)c2)n1. The summed E-state index contributed by atoms with van der Waals surface area (Å²) in [6, 6.07) is 6.30. The number of aryl methyl sites for hydroxylation is 1. The fourth-order valence-electron chi connectivity index (χ4n) is 1.63. The van der Waals surface area contributed by atoms with E-state index >= 15 is 0 Å². The van der Waals surface area contributed by atoms with Crippen molar-refractivity contribution in [3.05, 3.63) is 53.1 Å². The number of rotatable bonds is 3. The fraction of sp³-hybridized carbons (Fsp3) is 0.167. The highest BCUT2D eigenvalue weighted by molar-refractivity contribution is 5.76. The van der Waals surface area contributed by atoms with Gasteiger partial charge in [-0.3, -0.25) is 9.48 Å². The number of carbonyl (C=O) groups is 1. The number of hydrogen-bond acceptors (Lipinski definition) is 2. The summed E-state index contributed by atoms with van der Waals surface area (Å²) in [6.45, 7) is 0. The van der Waals surface area contributed by atoms with Crippen LogP contribution < -0.4 is 0 Å². The van der Waals surface area contributed by atoms with Crippen molar-refractivity contribution in [1.29, 1.82) is 0 Å². The molecule has 82 valence electrons. The molecule has 3 nitrogen and oxygen atoms in total. The molecule has 2 rings (SSSR count). The molecule has 0 saturated carbocycles. The fourth-order valence-corrected chi connectivity index (χ4v) is 1.63. The van der Waals surface area contributed by atoms with E-state index in [2.05, 4.69) is 5.10 Å². The Kier molecular flexibility index (Phi) is 2.81. The van der Waals surface area contributed by atoms with E-state index in [1.165, 1.54) is 12.1 Å². The smallest absolute Gasteiger partial charge is 0.153 e. The van der Waals surface area contributed by atoms with Crippen LogP contribution in [0.15, 0.2) is 30.5 Å². The number of halogens is 1. The molecule has 4 heteroatoms. The molecule has 0 amide bonds. The van der Waals surface area contributed by atoms with Crippen molar-refractivity contribution in [2.75, 3.05) is 0 Å². The molecule has 16 heavy (non-hydrogen) atoms. The lowest BCUT2D eigenvalue weighted by atomic mass is 10.1. The first-order valence-electron chi connectivity index (χ1n) is 4.91. The van der Waals surface area contributed by atoms with Gasteiger partial charge < -0.3 is 0 Å². The van der Waals surface area contributed by atoms with Crippen molar-refractivity contribution >= 4 is 6.29 Å². The van der Waals surface area contributed by atoms with Crippen LogP contribution in [0.4, 0.5) is 4.39 Å². The van der Waals surface area contributed by atoms with Gasteiger partial charge in [0.15, 0.2) is 6.29 Å². The van der Waals surface area contributed by atoms with Gasteiger partial charge in [-0.15, -0.1) is 0 Å². The minimum absolute atomic E-state index is 0.277. The lowest BCUT2D eigenvalue weighted by Crippen LogP contribution is -1.95. The molecule has 0 unspecified atom stereocenters. The molecule has 0 atom stereocenters. The molecule has 0 aliphatic carbocycles. The van der Waals surface area contributed by atoms with Gasteiger partial charge in [-0.2, -0.15) is 5.10 Å². The first-order chi connectivity index (χ1) is 7.69. The number of hydrogen-bond donors (Lipinski definition) is 0. The summed E-state index contributed by atoms with van der Waals surface area (Å²) in [5.41, 5.74) is 2.02. The van der Waals surface area contributed by atoms with Gasteiger partial charge in [-0.05, 0) is 17.7 Å².